The van der Waals surface area contributed by atoms with E-state index in [4.69, 9.17) is 4.74 Å². The summed E-state index contributed by atoms with van der Waals surface area (Å²) in [4.78, 5) is 14.7. The zero-order chi connectivity index (χ0) is 29.9. The van der Waals surface area contributed by atoms with Gasteiger partial charge in [0.25, 0.3) is 5.92 Å². The van der Waals surface area contributed by atoms with E-state index in [1.165, 1.54) is 11.9 Å². The lowest BCUT2D eigenvalue weighted by Crippen LogP contribution is -2.63. The number of aliphatic hydroxyl groups is 4. The number of hydrogen-bond donors (Lipinski definition) is 4. The highest BCUT2D eigenvalue weighted by atomic mass is 32.2. The summed E-state index contributed by atoms with van der Waals surface area (Å²) >= 11 is 0.598. The summed E-state index contributed by atoms with van der Waals surface area (Å²) in [6.45, 7) is -0.386. The van der Waals surface area contributed by atoms with Crippen molar-refractivity contribution in [2.45, 2.75) is 72.2 Å². The molecule has 1 amide bonds. The number of alkyl halides is 2. The van der Waals surface area contributed by atoms with Crippen LogP contribution in [0.15, 0.2) is 18.3 Å². The van der Waals surface area contributed by atoms with E-state index in [2.05, 4.69) is 10.3 Å². The number of carbonyl (C=O) groups excluding carboxylic acids is 1. The lowest BCUT2D eigenvalue weighted by atomic mass is 9.74. The lowest BCUT2D eigenvalue weighted by Gasteiger charge is -2.49. The molecule has 2 aromatic rings. The topological polar surface area (TPSA) is 141 Å². The molecule has 10 nitrogen and oxygen atoms in total. The van der Waals surface area contributed by atoms with E-state index in [0.29, 0.717) is 30.4 Å². The minimum Gasteiger partial charge on any atom is -0.394 e. The predicted octanol–water partition coefficient (Wildman–Crippen LogP) is 1.47. The summed E-state index contributed by atoms with van der Waals surface area (Å²) in [5, 5.41) is 49.1. The summed E-state index contributed by atoms with van der Waals surface area (Å²) in [6.07, 6.45) is -3.64. The Morgan fingerprint density at radius 1 is 1.20 bits per heavy atom. The molecule has 6 atom stereocenters. The van der Waals surface area contributed by atoms with E-state index in [0.717, 1.165) is 23.7 Å². The average molecular weight is 609 g/mol. The smallest absolute Gasteiger partial charge is 0.253 e. The summed E-state index contributed by atoms with van der Waals surface area (Å²) in [6, 6.07) is -0.0306. The van der Waals surface area contributed by atoms with Gasteiger partial charge in [-0.2, -0.15) is 0 Å². The molecule has 4 N–H and O–H groups in total. The SMILES string of the molecule is CN(CC1CC1)C(=O)C(S[C@@H]1O[C@H](CO)[C@H](O)[C@H](n2cc(-c3cc(F)c(F)c(F)c3)nn2)[C@H]1O)C1(O)CC(F)(F)C1. The van der Waals surface area contributed by atoms with Crippen LogP contribution in [-0.2, 0) is 9.53 Å². The van der Waals surface area contributed by atoms with Crippen LogP contribution in [-0.4, -0.2) is 107 Å². The van der Waals surface area contributed by atoms with Gasteiger partial charge in [0.05, 0.1) is 18.4 Å². The minimum absolute atomic E-state index is 0.140. The van der Waals surface area contributed by atoms with E-state index in [-0.39, 0.29) is 17.2 Å². The standard InChI is InChI=1S/C25H29F5N4O6S/c1-33(6-11-2-3-11)22(38)21(24(39)9-25(29,30)10-24)41-23-20(37)18(19(36)16(8-35)40-23)34-7-15(31-32-34)12-4-13(26)17(28)14(27)5-12/h4-5,7,11,16,18-21,23,35-37,39H,2-3,6,8-10H2,1H3/t16-,18+,19+,20-,21?,23+/m1/s1. The Bertz CT molecular complexity index is 1270. The number of aliphatic hydroxyl groups excluding tert-OH is 3. The number of aromatic nitrogens is 3. The number of amides is 1. The molecular weight excluding hydrogens is 579 g/mol. The summed E-state index contributed by atoms with van der Waals surface area (Å²) < 4.78 is 75.3. The molecule has 5 rings (SSSR count). The molecule has 3 fully saturated rings. The van der Waals surface area contributed by atoms with E-state index >= 15 is 0 Å². The number of nitrogens with zero attached hydrogens (tertiary/aromatic N) is 4. The van der Waals surface area contributed by atoms with Gasteiger partial charge < -0.3 is 30.1 Å². The lowest BCUT2D eigenvalue weighted by molar-refractivity contribution is -0.206. The van der Waals surface area contributed by atoms with Crippen LogP contribution in [0.3, 0.4) is 0 Å². The molecule has 1 aromatic heterocycles. The maximum atomic E-state index is 13.9. The van der Waals surface area contributed by atoms with E-state index in [1.54, 1.807) is 0 Å². The Morgan fingerprint density at radius 3 is 2.39 bits per heavy atom. The van der Waals surface area contributed by atoms with Gasteiger partial charge in [-0.05, 0) is 30.9 Å². The second-order valence-electron chi connectivity index (χ2n) is 11.0. The Morgan fingerprint density at radius 2 is 1.83 bits per heavy atom. The van der Waals surface area contributed by atoms with Gasteiger partial charge in [-0.25, -0.2) is 26.6 Å². The van der Waals surface area contributed by atoms with Gasteiger partial charge in [0.15, 0.2) is 17.5 Å². The van der Waals surface area contributed by atoms with Crippen molar-refractivity contribution in [1.29, 1.82) is 0 Å². The number of carbonyl (C=O) groups is 1. The fourth-order valence-electron chi connectivity index (χ4n) is 5.31. The third-order valence-electron chi connectivity index (χ3n) is 7.66. The van der Waals surface area contributed by atoms with Gasteiger partial charge in [-0.1, -0.05) is 5.21 Å². The molecule has 0 radical (unpaired) electrons. The highest BCUT2D eigenvalue weighted by molar-refractivity contribution is 8.01. The first-order valence-corrected chi connectivity index (χ1v) is 13.9. The number of halogens is 5. The third-order valence-corrected chi connectivity index (χ3v) is 9.23. The van der Waals surface area contributed by atoms with Gasteiger partial charge >= 0.3 is 0 Å². The average Bonchev–Trinajstić information content (AvgIpc) is 3.57. The molecular formula is C25H29F5N4O6S. The van der Waals surface area contributed by atoms with E-state index < -0.39 is 89.4 Å². The summed E-state index contributed by atoms with van der Waals surface area (Å²) in [7, 11) is 1.49. The molecule has 1 aromatic carbocycles. The zero-order valence-electron chi connectivity index (χ0n) is 21.7. The third kappa shape index (κ3) is 5.95. The van der Waals surface area contributed by atoms with E-state index in [9.17, 15) is 47.2 Å². The maximum Gasteiger partial charge on any atom is 0.253 e. The van der Waals surface area contributed by atoms with Gasteiger partial charge in [0.2, 0.25) is 5.91 Å². The van der Waals surface area contributed by atoms with Crippen molar-refractivity contribution in [2.24, 2.45) is 5.92 Å². The number of rotatable bonds is 9. The first-order chi connectivity index (χ1) is 19.2. The van der Waals surface area contributed by atoms with Crippen molar-refractivity contribution in [3.63, 3.8) is 0 Å². The van der Waals surface area contributed by atoms with Crippen molar-refractivity contribution < 1.29 is 51.9 Å². The Kier molecular flexibility index (Phi) is 8.10. The van der Waals surface area contributed by atoms with Gasteiger partial charge in [-0.3, -0.25) is 4.79 Å². The fourth-order valence-corrected chi connectivity index (χ4v) is 6.82. The first-order valence-electron chi connectivity index (χ1n) is 12.9. The van der Waals surface area contributed by atoms with Crippen LogP contribution in [0.1, 0.15) is 31.7 Å². The summed E-state index contributed by atoms with van der Waals surface area (Å²) in [5.74, 6) is -8.18. The van der Waals surface area contributed by atoms with Gasteiger partial charge in [0.1, 0.15) is 40.7 Å². The molecule has 2 heterocycles. The van der Waals surface area contributed by atoms with Crippen molar-refractivity contribution in [3.8, 4) is 11.3 Å². The van der Waals surface area contributed by atoms with Crippen LogP contribution in [0.25, 0.3) is 11.3 Å². The zero-order valence-corrected chi connectivity index (χ0v) is 22.5. The Hall–Kier alpha value is -2.37. The normalized spacial score (nSPS) is 29.6. The molecule has 1 saturated heterocycles. The second-order valence-corrected chi connectivity index (χ2v) is 12.2. The van der Waals surface area contributed by atoms with Crippen LogP contribution >= 0.6 is 11.8 Å². The van der Waals surface area contributed by atoms with Crippen molar-refractivity contribution in [1.82, 2.24) is 19.9 Å². The number of benzene rings is 1. The van der Waals surface area contributed by atoms with Crippen LogP contribution < -0.4 is 0 Å². The highest BCUT2D eigenvalue weighted by Crippen LogP contribution is 2.52. The largest absolute Gasteiger partial charge is 0.394 e. The molecule has 1 unspecified atom stereocenters. The second kappa shape index (κ2) is 11.0. The fraction of sp³-hybridized carbons (Fsp3) is 0.640. The summed E-state index contributed by atoms with van der Waals surface area (Å²) in [5.41, 5.74) is -3.86. The number of thioether (sulfide) groups is 1. The molecule has 3 aliphatic rings. The minimum atomic E-state index is -3.18. The molecule has 2 saturated carbocycles. The van der Waals surface area contributed by atoms with Crippen molar-refractivity contribution in [3.05, 3.63) is 35.8 Å². The predicted molar refractivity (Wildman–Crippen MR) is 133 cm³/mol. The maximum absolute atomic E-state index is 13.9. The first kappa shape index (κ1) is 30.1. The molecule has 0 spiro atoms. The number of ether oxygens (including phenoxy) is 1. The molecule has 41 heavy (non-hydrogen) atoms. The monoisotopic (exact) mass is 608 g/mol. The molecule has 0 bridgehead atoms. The van der Waals surface area contributed by atoms with Crippen LogP contribution in [0.4, 0.5) is 22.0 Å². The molecule has 16 heteroatoms. The molecule has 2 aliphatic carbocycles. The number of hydrogen-bond acceptors (Lipinski definition) is 9. The van der Waals surface area contributed by atoms with Gasteiger partial charge in [-0.15, -0.1) is 16.9 Å². The van der Waals surface area contributed by atoms with E-state index in [1.807, 2.05) is 0 Å². The van der Waals surface area contributed by atoms with Crippen LogP contribution in [0.2, 0.25) is 0 Å². The molecule has 226 valence electrons. The van der Waals surface area contributed by atoms with Gasteiger partial charge in [0, 0.05) is 32.0 Å². The quantitative estimate of drug-likeness (QED) is 0.246. The Labute approximate surface area is 235 Å². The van der Waals surface area contributed by atoms with Crippen LogP contribution in [0, 0.1) is 23.4 Å². The Balaban J connectivity index is 1.42. The highest BCUT2D eigenvalue weighted by Gasteiger charge is 2.63. The van der Waals surface area contributed by atoms with Crippen molar-refractivity contribution in [2.75, 3.05) is 20.2 Å². The van der Waals surface area contributed by atoms with Crippen molar-refractivity contribution >= 4 is 17.7 Å². The molecule has 1 aliphatic heterocycles. The van der Waals surface area contributed by atoms with Crippen LogP contribution in [0.5, 0.6) is 0 Å².